The highest BCUT2D eigenvalue weighted by atomic mass is 16.5. The highest BCUT2D eigenvalue weighted by molar-refractivity contribution is 6.09. The Hall–Kier alpha value is -0.740. The van der Waals surface area contributed by atoms with Crippen LogP contribution in [-0.4, -0.2) is 39.0 Å². The Morgan fingerprint density at radius 2 is 1.65 bits per heavy atom. The second-order valence-electron chi connectivity index (χ2n) is 7.48. The first kappa shape index (κ1) is 20.3. The van der Waals surface area contributed by atoms with Gasteiger partial charge in [-0.3, -0.25) is 9.59 Å². The molecular weight excluding hydrogens is 292 g/mol. The van der Waals surface area contributed by atoms with Gasteiger partial charge in [0, 0.05) is 32.5 Å². The lowest BCUT2D eigenvalue weighted by Crippen LogP contribution is -2.55. The second kappa shape index (κ2) is 8.39. The van der Waals surface area contributed by atoms with E-state index in [0.29, 0.717) is 26.1 Å². The standard InChI is InChI=1S/C19H34O4/c1-7-9-16(20)19(17(21)14(2)3)11-8-10-18(19,4)15(12-22-5)13-23-6/h14-15H,7-13H2,1-6H3. The maximum absolute atomic E-state index is 13.2. The van der Waals surface area contributed by atoms with Crippen molar-refractivity contribution in [2.24, 2.45) is 22.7 Å². The Bertz CT molecular complexity index is 412. The summed E-state index contributed by atoms with van der Waals surface area (Å²) in [4.78, 5) is 26.3. The number of hydrogen-bond donors (Lipinski definition) is 0. The van der Waals surface area contributed by atoms with Crippen LogP contribution in [-0.2, 0) is 19.1 Å². The summed E-state index contributed by atoms with van der Waals surface area (Å²) >= 11 is 0. The summed E-state index contributed by atoms with van der Waals surface area (Å²) in [7, 11) is 3.33. The van der Waals surface area contributed by atoms with E-state index < -0.39 is 10.8 Å². The van der Waals surface area contributed by atoms with Crippen LogP contribution >= 0.6 is 0 Å². The smallest absolute Gasteiger partial charge is 0.149 e. The molecule has 2 atom stereocenters. The van der Waals surface area contributed by atoms with E-state index in [1.165, 1.54) is 0 Å². The summed E-state index contributed by atoms with van der Waals surface area (Å²) in [5, 5.41) is 0. The lowest BCUT2D eigenvalue weighted by molar-refractivity contribution is -0.156. The van der Waals surface area contributed by atoms with Crippen LogP contribution in [0.3, 0.4) is 0 Å². The van der Waals surface area contributed by atoms with Gasteiger partial charge in [0.1, 0.15) is 11.6 Å². The van der Waals surface area contributed by atoms with Crippen LogP contribution in [0.5, 0.6) is 0 Å². The molecule has 1 aliphatic carbocycles. The predicted octanol–water partition coefficient (Wildman–Crippen LogP) is 3.67. The molecular formula is C19H34O4. The van der Waals surface area contributed by atoms with Crippen molar-refractivity contribution >= 4 is 11.6 Å². The molecule has 0 aromatic heterocycles. The molecule has 0 spiro atoms. The Morgan fingerprint density at radius 1 is 1.09 bits per heavy atom. The van der Waals surface area contributed by atoms with Gasteiger partial charge >= 0.3 is 0 Å². The first-order valence-corrected chi connectivity index (χ1v) is 8.87. The molecule has 0 aromatic carbocycles. The van der Waals surface area contributed by atoms with Crippen molar-refractivity contribution in [1.29, 1.82) is 0 Å². The van der Waals surface area contributed by atoms with Crippen molar-refractivity contribution in [3.63, 3.8) is 0 Å². The summed E-state index contributed by atoms with van der Waals surface area (Å²) in [6, 6.07) is 0. The minimum absolute atomic E-state index is 0.0449. The Kier molecular flexibility index (Phi) is 7.40. The van der Waals surface area contributed by atoms with E-state index >= 15 is 0 Å². The molecule has 1 fully saturated rings. The molecule has 1 aliphatic rings. The van der Waals surface area contributed by atoms with E-state index in [-0.39, 0.29) is 23.4 Å². The number of Topliss-reactive ketones (excluding diaryl/α,β-unsaturated/α-hetero) is 2. The summed E-state index contributed by atoms with van der Waals surface area (Å²) in [6.07, 6.45) is 3.71. The third kappa shape index (κ3) is 3.53. The maximum Gasteiger partial charge on any atom is 0.149 e. The largest absolute Gasteiger partial charge is 0.384 e. The van der Waals surface area contributed by atoms with E-state index in [9.17, 15) is 9.59 Å². The van der Waals surface area contributed by atoms with Crippen LogP contribution in [0.25, 0.3) is 0 Å². The van der Waals surface area contributed by atoms with Crippen molar-refractivity contribution in [2.75, 3.05) is 27.4 Å². The molecule has 4 nitrogen and oxygen atoms in total. The van der Waals surface area contributed by atoms with Gasteiger partial charge in [0.25, 0.3) is 0 Å². The molecule has 0 aliphatic heterocycles. The molecule has 1 saturated carbocycles. The monoisotopic (exact) mass is 326 g/mol. The summed E-state index contributed by atoms with van der Waals surface area (Å²) in [6.45, 7) is 8.94. The minimum Gasteiger partial charge on any atom is -0.384 e. The number of rotatable bonds is 10. The molecule has 0 radical (unpaired) electrons. The molecule has 1 rings (SSSR count). The van der Waals surface area contributed by atoms with Crippen LogP contribution in [0.4, 0.5) is 0 Å². The van der Waals surface area contributed by atoms with Crippen LogP contribution in [0.1, 0.15) is 59.8 Å². The Balaban J connectivity index is 3.40. The molecule has 0 N–H and O–H groups in total. The molecule has 0 heterocycles. The van der Waals surface area contributed by atoms with Gasteiger partial charge in [0.15, 0.2) is 0 Å². The quantitative estimate of drug-likeness (QED) is 0.575. The topological polar surface area (TPSA) is 52.6 Å². The van der Waals surface area contributed by atoms with E-state index in [1.807, 2.05) is 20.8 Å². The van der Waals surface area contributed by atoms with Crippen LogP contribution < -0.4 is 0 Å². The number of carbonyl (C=O) groups is 2. The molecule has 0 bridgehead atoms. The SMILES string of the molecule is CCCC(=O)C1(C(=O)C(C)C)CCCC1(C)C(COC)COC. The molecule has 2 unspecified atom stereocenters. The number of methoxy groups -OCH3 is 2. The predicted molar refractivity (Wildman–Crippen MR) is 91.4 cm³/mol. The van der Waals surface area contributed by atoms with Crippen molar-refractivity contribution in [3.8, 4) is 0 Å². The highest BCUT2D eigenvalue weighted by Gasteiger charge is 2.63. The first-order valence-electron chi connectivity index (χ1n) is 8.87. The average Bonchev–Trinajstić information content (AvgIpc) is 2.86. The number of carbonyl (C=O) groups excluding carboxylic acids is 2. The van der Waals surface area contributed by atoms with Gasteiger partial charge in [-0.05, 0) is 24.7 Å². The minimum atomic E-state index is -0.876. The Labute approximate surface area is 141 Å². The van der Waals surface area contributed by atoms with E-state index in [0.717, 1.165) is 19.3 Å². The van der Waals surface area contributed by atoms with Gasteiger partial charge in [0.05, 0.1) is 18.6 Å². The van der Waals surface area contributed by atoms with Crippen molar-refractivity contribution in [1.82, 2.24) is 0 Å². The summed E-state index contributed by atoms with van der Waals surface area (Å²) < 4.78 is 10.8. The van der Waals surface area contributed by atoms with Crippen LogP contribution in [0.15, 0.2) is 0 Å². The third-order valence-electron chi connectivity index (χ3n) is 5.76. The number of hydrogen-bond acceptors (Lipinski definition) is 4. The summed E-state index contributed by atoms with van der Waals surface area (Å²) in [5.74, 6) is 0.131. The van der Waals surface area contributed by atoms with E-state index in [4.69, 9.17) is 9.47 Å². The lowest BCUT2D eigenvalue weighted by Gasteiger charge is -2.47. The zero-order valence-electron chi connectivity index (χ0n) is 15.7. The average molecular weight is 326 g/mol. The van der Waals surface area contributed by atoms with Gasteiger partial charge in [-0.15, -0.1) is 0 Å². The van der Waals surface area contributed by atoms with E-state index in [2.05, 4.69) is 6.92 Å². The normalized spacial score (nSPS) is 27.8. The first-order chi connectivity index (χ1) is 10.8. The van der Waals surface area contributed by atoms with Crippen molar-refractivity contribution < 1.29 is 19.1 Å². The molecule has 0 aromatic rings. The zero-order chi connectivity index (χ0) is 17.7. The third-order valence-corrected chi connectivity index (χ3v) is 5.76. The maximum atomic E-state index is 13.2. The molecule has 0 saturated heterocycles. The highest BCUT2D eigenvalue weighted by Crippen LogP contribution is 2.59. The molecule has 23 heavy (non-hydrogen) atoms. The molecule has 0 amide bonds. The van der Waals surface area contributed by atoms with E-state index in [1.54, 1.807) is 14.2 Å². The van der Waals surface area contributed by atoms with Gasteiger partial charge in [-0.25, -0.2) is 0 Å². The number of ether oxygens (including phenoxy) is 2. The lowest BCUT2D eigenvalue weighted by atomic mass is 9.55. The van der Waals surface area contributed by atoms with Gasteiger partial charge in [-0.1, -0.05) is 34.1 Å². The zero-order valence-corrected chi connectivity index (χ0v) is 15.7. The number of ketones is 2. The fraction of sp³-hybridized carbons (Fsp3) is 0.895. The fourth-order valence-electron chi connectivity index (χ4n) is 4.52. The summed E-state index contributed by atoms with van der Waals surface area (Å²) in [5.41, 5.74) is -1.27. The van der Waals surface area contributed by atoms with Crippen molar-refractivity contribution in [3.05, 3.63) is 0 Å². The van der Waals surface area contributed by atoms with Crippen LogP contribution in [0.2, 0.25) is 0 Å². The second-order valence-corrected chi connectivity index (χ2v) is 7.48. The van der Waals surface area contributed by atoms with Gasteiger partial charge in [0.2, 0.25) is 0 Å². The Morgan fingerprint density at radius 3 is 2.09 bits per heavy atom. The molecule has 134 valence electrons. The fourth-order valence-corrected chi connectivity index (χ4v) is 4.52. The van der Waals surface area contributed by atoms with Gasteiger partial charge < -0.3 is 9.47 Å². The van der Waals surface area contributed by atoms with Crippen molar-refractivity contribution in [2.45, 2.75) is 59.8 Å². The van der Waals surface area contributed by atoms with Crippen LogP contribution in [0, 0.1) is 22.7 Å². The van der Waals surface area contributed by atoms with Gasteiger partial charge in [-0.2, -0.15) is 0 Å². The molecule has 4 heteroatoms.